The molecule has 148 valence electrons. The van der Waals surface area contributed by atoms with Gasteiger partial charge in [0.25, 0.3) is 5.56 Å². The third kappa shape index (κ3) is 4.23. The Labute approximate surface area is 170 Å². The molecule has 2 N–H and O–H groups in total. The second-order valence-electron chi connectivity index (χ2n) is 6.51. The number of nitrogens with one attached hydrogen (secondary N) is 2. The maximum Gasteiger partial charge on any atom is 0.278 e. The number of H-pyrrole nitrogens is 1. The summed E-state index contributed by atoms with van der Waals surface area (Å²) in [6, 6.07) is 5.72. The van der Waals surface area contributed by atoms with Crippen LogP contribution in [0.25, 0.3) is 11.0 Å². The van der Waals surface area contributed by atoms with Gasteiger partial charge >= 0.3 is 0 Å². The molecule has 3 aromatic rings. The van der Waals surface area contributed by atoms with E-state index in [-0.39, 0.29) is 28.3 Å². The van der Waals surface area contributed by atoms with Gasteiger partial charge in [-0.1, -0.05) is 30.3 Å². The molecule has 0 fully saturated rings. The molecule has 0 aliphatic heterocycles. The van der Waals surface area contributed by atoms with E-state index in [1.54, 1.807) is 4.57 Å². The molecular weight excluding hydrogens is 403 g/mol. The molecule has 1 amide bonds. The van der Waals surface area contributed by atoms with Crippen LogP contribution in [0.3, 0.4) is 0 Å². The van der Waals surface area contributed by atoms with Crippen LogP contribution in [0.5, 0.6) is 0 Å². The SMILES string of the molecule is CCC(C)n1c(SCC(=O)Nc2ccc(F)c(Cl)c2)nc2cc(C)[nH]c2c1=O. The number of aromatic amines is 1. The molecule has 0 aliphatic rings. The molecule has 28 heavy (non-hydrogen) atoms. The predicted molar refractivity (Wildman–Crippen MR) is 111 cm³/mol. The highest BCUT2D eigenvalue weighted by Crippen LogP contribution is 2.24. The number of fused-ring (bicyclic) bond motifs is 1. The maximum absolute atomic E-state index is 13.2. The van der Waals surface area contributed by atoms with Crippen molar-refractivity contribution in [3.8, 4) is 0 Å². The Hall–Kier alpha value is -2.32. The van der Waals surface area contributed by atoms with Gasteiger partial charge in [-0.15, -0.1) is 0 Å². The van der Waals surface area contributed by atoms with E-state index >= 15 is 0 Å². The standard InChI is InChI=1S/C19H20ClFN4O2S/c1-4-11(3)25-18(27)17-15(7-10(2)22-17)24-19(25)28-9-16(26)23-12-5-6-14(21)13(20)8-12/h5-8,11,22H,4,9H2,1-3H3,(H,23,26). The zero-order chi connectivity index (χ0) is 20.4. The number of carbonyl (C=O) groups excluding carboxylic acids is 1. The Morgan fingerprint density at radius 3 is 2.86 bits per heavy atom. The highest BCUT2D eigenvalue weighted by Gasteiger charge is 2.18. The first-order chi connectivity index (χ1) is 13.3. The predicted octanol–water partition coefficient (Wildman–Crippen LogP) is 4.53. The number of benzene rings is 1. The first-order valence-electron chi connectivity index (χ1n) is 8.79. The largest absolute Gasteiger partial charge is 0.353 e. The topological polar surface area (TPSA) is 79.8 Å². The van der Waals surface area contributed by atoms with Gasteiger partial charge in [0, 0.05) is 17.4 Å². The Bertz CT molecular complexity index is 1100. The molecule has 1 aromatic carbocycles. The van der Waals surface area contributed by atoms with Crippen molar-refractivity contribution in [2.75, 3.05) is 11.1 Å². The molecule has 3 rings (SSSR count). The van der Waals surface area contributed by atoms with E-state index in [1.165, 1.54) is 30.0 Å². The fraction of sp³-hybridized carbons (Fsp3) is 0.316. The van der Waals surface area contributed by atoms with E-state index in [1.807, 2.05) is 26.8 Å². The van der Waals surface area contributed by atoms with Crippen LogP contribution in [0.2, 0.25) is 5.02 Å². The van der Waals surface area contributed by atoms with Gasteiger partial charge in [-0.2, -0.15) is 0 Å². The van der Waals surface area contributed by atoms with Gasteiger partial charge in [-0.25, -0.2) is 9.37 Å². The van der Waals surface area contributed by atoms with Crippen molar-refractivity contribution in [2.45, 2.75) is 38.4 Å². The fourth-order valence-electron chi connectivity index (χ4n) is 2.76. The first-order valence-corrected chi connectivity index (χ1v) is 10.2. The maximum atomic E-state index is 13.2. The molecule has 2 aromatic heterocycles. The molecule has 1 unspecified atom stereocenters. The lowest BCUT2D eigenvalue weighted by molar-refractivity contribution is -0.113. The number of nitrogens with zero attached hydrogens (tertiary/aromatic N) is 2. The zero-order valence-electron chi connectivity index (χ0n) is 15.7. The van der Waals surface area contributed by atoms with Crippen molar-refractivity contribution in [3.63, 3.8) is 0 Å². The lowest BCUT2D eigenvalue weighted by Crippen LogP contribution is -2.26. The van der Waals surface area contributed by atoms with Crippen molar-refractivity contribution in [3.05, 3.63) is 51.2 Å². The van der Waals surface area contributed by atoms with E-state index in [9.17, 15) is 14.0 Å². The number of anilines is 1. The Balaban J connectivity index is 1.83. The quantitative estimate of drug-likeness (QED) is 0.452. The van der Waals surface area contributed by atoms with Crippen LogP contribution in [0.4, 0.5) is 10.1 Å². The molecule has 0 spiro atoms. The monoisotopic (exact) mass is 422 g/mol. The summed E-state index contributed by atoms with van der Waals surface area (Å²) in [5.74, 6) is -0.804. The highest BCUT2D eigenvalue weighted by atomic mass is 35.5. The molecule has 6 nitrogen and oxygen atoms in total. The molecule has 0 aliphatic carbocycles. The second-order valence-corrected chi connectivity index (χ2v) is 7.85. The Kier molecular flexibility index (Phi) is 6.10. The number of amides is 1. The lowest BCUT2D eigenvalue weighted by Gasteiger charge is -2.17. The molecular formula is C19H20ClFN4O2S. The summed E-state index contributed by atoms with van der Waals surface area (Å²) >= 11 is 6.92. The zero-order valence-corrected chi connectivity index (χ0v) is 17.2. The number of rotatable bonds is 6. The van der Waals surface area contributed by atoms with Gasteiger partial charge < -0.3 is 10.3 Å². The van der Waals surface area contributed by atoms with E-state index in [0.29, 0.717) is 21.9 Å². The molecule has 0 radical (unpaired) electrons. The summed E-state index contributed by atoms with van der Waals surface area (Å²) in [6.07, 6.45) is 0.751. The van der Waals surface area contributed by atoms with Gasteiger partial charge in [0.2, 0.25) is 5.91 Å². The highest BCUT2D eigenvalue weighted by molar-refractivity contribution is 7.99. The van der Waals surface area contributed by atoms with Gasteiger partial charge in [-0.3, -0.25) is 14.2 Å². The summed E-state index contributed by atoms with van der Waals surface area (Å²) in [4.78, 5) is 32.8. The number of hydrogen-bond acceptors (Lipinski definition) is 4. The molecule has 2 heterocycles. The van der Waals surface area contributed by atoms with E-state index in [4.69, 9.17) is 11.6 Å². The van der Waals surface area contributed by atoms with Crippen molar-refractivity contribution >= 4 is 46.0 Å². The Morgan fingerprint density at radius 2 is 2.18 bits per heavy atom. The Morgan fingerprint density at radius 1 is 1.43 bits per heavy atom. The summed E-state index contributed by atoms with van der Waals surface area (Å²) in [5, 5.41) is 3.09. The summed E-state index contributed by atoms with van der Waals surface area (Å²) < 4.78 is 14.9. The van der Waals surface area contributed by atoms with Gasteiger partial charge in [-0.05, 0) is 44.5 Å². The summed E-state index contributed by atoms with van der Waals surface area (Å²) in [7, 11) is 0. The first kappa shape index (κ1) is 20.4. The number of halogens is 2. The van der Waals surface area contributed by atoms with Crippen LogP contribution in [-0.4, -0.2) is 26.2 Å². The normalized spacial score (nSPS) is 12.3. The molecule has 0 bridgehead atoms. The van der Waals surface area contributed by atoms with Crippen molar-refractivity contribution < 1.29 is 9.18 Å². The third-order valence-electron chi connectivity index (χ3n) is 4.35. The minimum Gasteiger partial charge on any atom is -0.353 e. The van der Waals surface area contributed by atoms with Gasteiger partial charge in [0.15, 0.2) is 5.16 Å². The molecule has 1 atom stereocenters. The van der Waals surface area contributed by atoms with Crippen molar-refractivity contribution in [1.82, 2.24) is 14.5 Å². The van der Waals surface area contributed by atoms with Crippen molar-refractivity contribution in [1.29, 1.82) is 0 Å². The van der Waals surface area contributed by atoms with Gasteiger partial charge in [0.05, 0.1) is 16.3 Å². The van der Waals surface area contributed by atoms with Crippen LogP contribution < -0.4 is 10.9 Å². The second kappa shape index (κ2) is 8.36. The smallest absolute Gasteiger partial charge is 0.278 e. The third-order valence-corrected chi connectivity index (χ3v) is 5.60. The van der Waals surface area contributed by atoms with Gasteiger partial charge in [0.1, 0.15) is 11.3 Å². The number of carbonyl (C=O) groups is 1. The fourth-order valence-corrected chi connectivity index (χ4v) is 3.84. The number of hydrogen-bond donors (Lipinski definition) is 2. The van der Waals surface area contributed by atoms with Crippen LogP contribution in [0.1, 0.15) is 32.0 Å². The molecule has 0 saturated carbocycles. The van der Waals surface area contributed by atoms with E-state index in [2.05, 4.69) is 15.3 Å². The minimum absolute atomic E-state index is 0.0484. The number of aromatic nitrogens is 3. The summed E-state index contributed by atoms with van der Waals surface area (Å²) in [5.41, 5.74) is 2.15. The van der Waals surface area contributed by atoms with Crippen LogP contribution in [0.15, 0.2) is 34.2 Å². The van der Waals surface area contributed by atoms with Crippen LogP contribution >= 0.6 is 23.4 Å². The average Bonchev–Trinajstić information content (AvgIpc) is 3.03. The van der Waals surface area contributed by atoms with Crippen molar-refractivity contribution in [2.24, 2.45) is 0 Å². The summed E-state index contributed by atoms with van der Waals surface area (Å²) in [6.45, 7) is 5.79. The number of thioether (sulfide) groups is 1. The molecule has 9 heteroatoms. The van der Waals surface area contributed by atoms with E-state index < -0.39 is 5.82 Å². The average molecular weight is 423 g/mol. The van der Waals surface area contributed by atoms with Crippen LogP contribution in [0, 0.1) is 12.7 Å². The molecule has 0 saturated heterocycles. The van der Waals surface area contributed by atoms with Crippen LogP contribution in [-0.2, 0) is 4.79 Å². The van der Waals surface area contributed by atoms with E-state index in [0.717, 1.165) is 12.1 Å². The lowest BCUT2D eigenvalue weighted by atomic mass is 10.2. The number of aryl methyl sites for hydroxylation is 1. The minimum atomic E-state index is -0.550.